The largest absolute Gasteiger partial charge is 0.352 e. The minimum Gasteiger partial charge on any atom is -0.287 e. The Morgan fingerprint density at radius 1 is 1.46 bits per heavy atom. The third kappa shape index (κ3) is 2.95. The number of halogens is 1. The van der Waals surface area contributed by atoms with Crippen LogP contribution in [0.25, 0.3) is 0 Å². The molecule has 0 radical (unpaired) electrons. The van der Waals surface area contributed by atoms with Crippen molar-refractivity contribution in [3.05, 3.63) is 28.8 Å². The Bertz CT molecular complexity index is 323. The van der Waals surface area contributed by atoms with E-state index in [0.717, 1.165) is 5.56 Å². The first-order valence-corrected chi connectivity index (χ1v) is 4.08. The van der Waals surface area contributed by atoms with Crippen LogP contribution in [0.3, 0.4) is 0 Å². The third-order valence-corrected chi connectivity index (χ3v) is 1.63. The average molecular weight is 201 g/mol. The van der Waals surface area contributed by atoms with Gasteiger partial charge in [-0.3, -0.25) is 9.78 Å². The standard InChI is InChI=1S/C9H9ClO3/c1-6-3-4-8(10)5-9(6)13-12-7(2)11/h3-5H,1-2H3. The van der Waals surface area contributed by atoms with Crippen molar-refractivity contribution in [3.8, 4) is 5.75 Å². The summed E-state index contributed by atoms with van der Waals surface area (Å²) >= 11 is 5.71. The smallest absolute Gasteiger partial charge is 0.287 e. The van der Waals surface area contributed by atoms with Crippen LogP contribution < -0.4 is 4.89 Å². The zero-order valence-corrected chi connectivity index (χ0v) is 8.09. The van der Waals surface area contributed by atoms with Gasteiger partial charge in [0.25, 0.3) is 0 Å². The van der Waals surface area contributed by atoms with Gasteiger partial charge in [-0.1, -0.05) is 17.7 Å². The van der Waals surface area contributed by atoms with Crippen molar-refractivity contribution in [3.63, 3.8) is 0 Å². The quantitative estimate of drug-likeness (QED) is 0.544. The summed E-state index contributed by atoms with van der Waals surface area (Å²) in [5, 5.41) is 0.535. The van der Waals surface area contributed by atoms with Crippen molar-refractivity contribution in [1.29, 1.82) is 0 Å². The first-order chi connectivity index (χ1) is 6.09. The molecule has 0 aliphatic carbocycles. The minimum absolute atomic E-state index is 0.447. The van der Waals surface area contributed by atoms with Gasteiger partial charge in [0, 0.05) is 18.0 Å². The lowest BCUT2D eigenvalue weighted by Gasteiger charge is -2.05. The molecule has 0 aliphatic rings. The van der Waals surface area contributed by atoms with Crippen LogP contribution in [0.1, 0.15) is 12.5 Å². The van der Waals surface area contributed by atoms with E-state index in [2.05, 4.69) is 4.89 Å². The molecule has 0 fully saturated rings. The minimum atomic E-state index is -0.501. The molecular weight excluding hydrogens is 192 g/mol. The number of carbonyl (C=O) groups is 1. The second-order valence-corrected chi connectivity index (χ2v) is 3.00. The highest BCUT2D eigenvalue weighted by atomic mass is 35.5. The summed E-state index contributed by atoms with van der Waals surface area (Å²) in [6, 6.07) is 5.10. The molecule has 13 heavy (non-hydrogen) atoms. The molecule has 0 unspecified atom stereocenters. The molecule has 0 saturated heterocycles. The molecule has 0 atom stereocenters. The number of hydrogen-bond acceptors (Lipinski definition) is 3. The third-order valence-electron chi connectivity index (χ3n) is 1.40. The van der Waals surface area contributed by atoms with Crippen molar-refractivity contribution < 1.29 is 14.6 Å². The van der Waals surface area contributed by atoms with E-state index in [9.17, 15) is 4.79 Å². The van der Waals surface area contributed by atoms with E-state index >= 15 is 0 Å². The predicted molar refractivity (Wildman–Crippen MR) is 48.6 cm³/mol. The van der Waals surface area contributed by atoms with Gasteiger partial charge in [0.1, 0.15) is 0 Å². The fourth-order valence-electron chi connectivity index (χ4n) is 0.767. The van der Waals surface area contributed by atoms with E-state index in [4.69, 9.17) is 16.5 Å². The summed E-state index contributed by atoms with van der Waals surface area (Å²) < 4.78 is 0. The maximum absolute atomic E-state index is 10.4. The first kappa shape index (κ1) is 9.86. The van der Waals surface area contributed by atoms with Gasteiger partial charge in [0.2, 0.25) is 0 Å². The molecule has 0 saturated carbocycles. The molecule has 0 heterocycles. The fourth-order valence-corrected chi connectivity index (χ4v) is 0.929. The summed E-state index contributed by atoms with van der Waals surface area (Å²) in [4.78, 5) is 19.5. The molecule has 1 aromatic rings. The van der Waals surface area contributed by atoms with Crippen LogP contribution >= 0.6 is 11.6 Å². The van der Waals surface area contributed by atoms with Crippen LogP contribution in [0.2, 0.25) is 5.02 Å². The van der Waals surface area contributed by atoms with Crippen molar-refractivity contribution in [2.75, 3.05) is 0 Å². The highest BCUT2D eigenvalue weighted by Gasteiger charge is 2.03. The summed E-state index contributed by atoms with van der Waals surface area (Å²) in [6.07, 6.45) is 0. The van der Waals surface area contributed by atoms with E-state index in [1.165, 1.54) is 6.92 Å². The highest BCUT2D eigenvalue weighted by Crippen LogP contribution is 2.22. The Morgan fingerprint density at radius 2 is 2.15 bits per heavy atom. The molecular formula is C9H9ClO3. The maximum atomic E-state index is 10.4. The monoisotopic (exact) mass is 200 g/mol. The van der Waals surface area contributed by atoms with E-state index in [1.807, 2.05) is 6.92 Å². The number of carbonyl (C=O) groups excluding carboxylic acids is 1. The lowest BCUT2D eigenvalue weighted by atomic mass is 10.2. The van der Waals surface area contributed by atoms with E-state index in [1.54, 1.807) is 18.2 Å². The van der Waals surface area contributed by atoms with Crippen molar-refractivity contribution >= 4 is 17.6 Å². The number of benzene rings is 1. The Labute approximate surface area is 81.1 Å². The highest BCUT2D eigenvalue weighted by molar-refractivity contribution is 6.30. The van der Waals surface area contributed by atoms with E-state index in [-0.39, 0.29) is 0 Å². The fraction of sp³-hybridized carbons (Fsp3) is 0.222. The summed E-state index contributed by atoms with van der Waals surface area (Å²) in [6.45, 7) is 3.09. The Hall–Kier alpha value is -1.22. The predicted octanol–water partition coefficient (Wildman–Crippen LogP) is 2.51. The zero-order chi connectivity index (χ0) is 9.84. The SMILES string of the molecule is CC(=O)OOc1cc(Cl)ccc1C. The van der Waals surface area contributed by atoms with Crippen molar-refractivity contribution in [1.82, 2.24) is 0 Å². The van der Waals surface area contributed by atoms with Crippen molar-refractivity contribution in [2.45, 2.75) is 13.8 Å². The van der Waals surface area contributed by atoms with Gasteiger partial charge < -0.3 is 0 Å². The molecule has 0 aromatic heterocycles. The molecule has 4 heteroatoms. The Morgan fingerprint density at radius 3 is 2.77 bits per heavy atom. The maximum Gasteiger partial charge on any atom is 0.352 e. The van der Waals surface area contributed by atoms with Crippen molar-refractivity contribution in [2.24, 2.45) is 0 Å². The van der Waals surface area contributed by atoms with E-state index in [0.29, 0.717) is 10.8 Å². The van der Waals surface area contributed by atoms with Gasteiger partial charge in [0.05, 0.1) is 0 Å². The zero-order valence-electron chi connectivity index (χ0n) is 7.33. The molecule has 0 aliphatic heterocycles. The molecule has 0 N–H and O–H groups in total. The van der Waals surface area contributed by atoms with Crippen LogP contribution in [0, 0.1) is 6.92 Å². The van der Waals surface area contributed by atoms with E-state index < -0.39 is 5.97 Å². The number of rotatable bonds is 2. The molecule has 70 valence electrons. The summed E-state index contributed by atoms with van der Waals surface area (Å²) in [7, 11) is 0. The molecule has 0 bridgehead atoms. The molecule has 1 rings (SSSR count). The number of hydrogen-bond donors (Lipinski definition) is 0. The van der Waals surface area contributed by atoms with Crippen LogP contribution in [0.5, 0.6) is 5.75 Å². The van der Waals surface area contributed by atoms with Gasteiger partial charge in [-0.2, -0.15) is 0 Å². The average Bonchev–Trinajstić information content (AvgIpc) is 2.06. The Balaban J connectivity index is 2.75. The molecule has 1 aromatic carbocycles. The summed E-state index contributed by atoms with van der Waals surface area (Å²) in [5.74, 6) is -0.0536. The van der Waals surface area contributed by atoms with Crippen LogP contribution in [0.15, 0.2) is 18.2 Å². The lowest BCUT2D eigenvalue weighted by molar-refractivity contribution is -0.211. The van der Waals surface area contributed by atoms with Gasteiger partial charge >= 0.3 is 5.97 Å². The Kier molecular flexibility index (Phi) is 3.14. The van der Waals surface area contributed by atoms with Gasteiger partial charge in [-0.25, -0.2) is 4.79 Å². The molecule has 3 nitrogen and oxygen atoms in total. The lowest BCUT2D eigenvalue weighted by Crippen LogP contribution is -2.03. The molecule has 0 spiro atoms. The molecule has 0 amide bonds. The van der Waals surface area contributed by atoms with Gasteiger partial charge in [0.15, 0.2) is 5.75 Å². The van der Waals surface area contributed by atoms with Gasteiger partial charge in [-0.15, -0.1) is 0 Å². The van der Waals surface area contributed by atoms with Gasteiger partial charge in [-0.05, 0) is 18.6 Å². The number of aryl methyl sites for hydroxylation is 1. The first-order valence-electron chi connectivity index (χ1n) is 3.71. The van der Waals surface area contributed by atoms with Crippen LogP contribution in [0.4, 0.5) is 0 Å². The second kappa shape index (κ2) is 4.14. The van der Waals surface area contributed by atoms with Crippen LogP contribution in [-0.2, 0) is 9.68 Å². The van der Waals surface area contributed by atoms with Crippen LogP contribution in [-0.4, -0.2) is 5.97 Å². The topological polar surface area (TPSA) is 35.5 Å². The second-order valence-electron chi connectivity index (χ2n) is 2.57. The normalized spacial score (nSPS) is 9.46. The summed E-state index contributed by atoms with van der Waals surface area (Å²) in [5.41, 5.74) is 0.852.